The van der Waals surface area contributed by atoms with Crippen LogP contribution in [0, 0.1) is 0 Å². The highest BCUT2D eigenvalue weighted by Gasteiger charge is 2.12. The standard InChI is InChI=1S/C15H19NO/c1-2-6-10-16(9-5-1)11-13-12-17-15-8-4-3-7-14(13)15/h3-4,7-8,12H,1-2,5-6,9-11H2. The zero-order valence-corrected chi connectivity index (χ0v) is 10.2. The summed E-state index contributed by atoms with van der Waals surface area (Å²) in [7, 11) is 0. The number of hydrogen-bond donors (Lipinski definition) is 0. The summed E-state index contributed by atoms with van der Waals surface area (Å²) in [6.07, 6.45) is 7.40. The van der Waals surface area contributed by atoms with E-state index in [1.807, 2.05) is 18.4 Å². The van der Waals surface area contributed by atoms with Gasteiger partial charge in [-0.1, -0.05) is 31.0 Å². The molecule has 2 aromatic rings. The topological polar surface area (TPSA) is 16.4 Å². The van der Waals surface area contributed by atoms with Crippen molar-refractivity contribution in [2.24, 2.45) is 0 Å². The molecule has 17 heavy (non-hydrogen) atoms. The zero-order chi connectivity index (χ0) is 11.5. The molecule has 1 aliphatic heterocycles. The minimum absolute atomic E-state index is 1.01. The third-order valence-corrected chi connectivity index (χ3v) is 3.65. The summed E-state index contributed by atoms with van der Waals surface area (Å²) in [5.74, 6) is 0. The van der Waals surface area contributed by atoms with Crippen LogP contribution in [0.5, 0.6) is 0 Å². The predicted octanol–water partition coefficient (Wildman–Crippen LogP) is 3.81. The molecule has 0 amide bonds. The highest BCUT2D eigenvalue weighted by Crippen LogP contribution is 2.23. The monoisotopic (exact) mass is 229 g/mol. The number of likely N-dealkylation sites (tertiary alicyclic amines) is 1. The van der Waals surface area contributed by atoms with Crippen LogP contribution in [0.2, 0.25) is 0 Å². The van der Waals surface area contributed by atoms with Crippen molar-refractivity contribution in [2.45, 2.75) is 32.2 Å². The summed E-state index contributed by atoms with van der Waals surface area (Å²) in [6.45, 7) is 3.51. The molecule has 0 spiro atoms. The lowest BCUT2D eigenvalue weighted by Gasteiger charge is -2.18. The molecule has 1 aliphatic rings. The molecule has 0 saturated carbocycles. The summed E-state index contributed by atoms with van der Waals surface area (Å²) >= 11 is 0. The lowest BCUT2D eigenvalue weighted by molar-refractivity contribution is 0.277. The second-order valence-corrected chi connectivity index (χ2v) is 4.95. The lowest BCUT2D eigenvalue weighted by Crippen LogP contribution is -2.23. The SMILES string of the molecule is c1ccc2c(CN3CCCCCC3)coc2c1. The zero-order valence-electron chi connectivity index (χ0n) is 10.2. The fourth-order valence-electron chi connectivity index (χ4n) is 2.69. The number of para-hydroxylation sites is 1. The van der Waals surface area contributed by atoms with Crippen LogP contribution in [0.3, 0.4) is 0 Å². The molecule has 1 saturated heterocycles. The Morgan fingerprint density at radius 2 is 1.76 bits per heavy atom. The van der Waals surface area contributed by atoms with Gasteiger partial charge in [-0.2, -0.15) is 0 Å². The smallest absolute Gasteiger partial charge is 0.134 e. The number of rotatable bonds is 2. The summed E-state index contributed by atoms with van der Waals surface area (Å²) < 4.78 is 5.60. The highest BCUT2D eigenvalue weighted by atomic mass is 16.3. The molecule has 90 valence electrons. The van der Waals surface area contributed by atoms with Crippen molar-refractivity contribution in [3.05, 3.63) is 36.1 Å². The highest BCUT2D eigenvalue weighted by molar-refractivity contribution is 5.80. The molecule has 0 bridgehead atoms. The van der Waals surface area contributed by atoms with Crippen molar-refractivity contribution in [1.29, 1.82) is 0 Å². The number of nitrogens with zero attached hydrogens (tertiary/aromatic N) is 1. The summed E-state index contributed by atoms with van der Waals surface area (Å²) in [5, 5.41) is 1.27. The predicted molar refractivity (Wildman–Crippen MR) is 70.0 cm³/mol. The Labute approximate surface area is 102 Å². The maximum Gasteiger partial charge on any atom is 0.134 e. The maximum atomic E-state index is 5.60. The first kappa shape index (κ1) is 10.8. The van der Waals surface area contributed by atoms with E-state index in [-0.39, 0.29) is 0 Å². The van der Waals surface area contributed by atoms with E-state index in [2.05, 4.69) is 17.0 Å². The van der Waals surface area contributed by atoms with Gasteiger partial charge in [0.2, 0.25) is 0 Å². The minimum Gasteiger partial charge on any atom is -0.464 e. The van der Waals surface area contributed by atoms with Gasteiger partial charge in [-0.25, -0.2) is 0 Å². The largest absolute Gasteiger partial charge is 0.464 e. The Morgan fingerprint density at radius 1 is 1.00 bits per heavy atom. The molecule has 0 N–H and O–H groups in total. The fourth-order valence-corrected chi connectivity index (χ4v) is 2.69. The number of fused-ring (bicyclic) bond motifs is 1. The van der Waals surface area contributed by atoms with Crippen molar-refractivity contribution in [2.75, 3.05) is 13.1 Å². The molecule has 2 heteroatoms. The Kier molecular flexibility index (Phi) is 3.14. The molecular weight excluding hydrogens is 210 g/mol. The first-order chi connectivity index (χ1) is 8.43. The second-order valence-electron chi connectivity index (χ2n) is 4.95. The van der Waals surface area contributed by atoms with Gasteiger partial charge in [0, 0.05) is 17.5 Å². The van der Waals surface area contributed by atoms with Crippen molar-refractivity contribution in [3.8, 4) is 0 Å². The van der Waals surface area contributed by atoms with Crippen LogP contribution in [-0.2, 0) is 6.54 Å². The third-order valence-electron chi connectivity index (χ3n) is 3.65. The quantitative estimate of drug-likeness (QED) is 0.778. The molecule has 0 radical (unpaired) electrons. The van der Waals surface area contributed by atoms with Crippen LogP contribution < -0.4 is 0 Å². The normalized spacial score (nSPS) is 18.4. The molecule has 3 rings (SSSR count). The van der Waals surface area contributed by atoms with Gasteiger partial charge < -0.3 is 4.42 Å². The van der Waals surface area contributed by atoms with E-state index in [1.54, 1.807) is 0 Å². The lowest BCUT2D eigenvalue weighted by atomic mass is 10.1. The van der Waals surface area contributed by atoms with E-state index in [1.165, 1.54) is 49.7 Å². The van der Waals surface area contributed by atoms with E-state index >= 15 is 0 Å². The summed E-state index contributed by atoms with van der Waals surface area (Å²) in [6, 6.07) is 8.32. The van der Waals surface area contributed by atoms with Crippen LogP contribution in [0.25, 0.3) is 11.0 Å². The van der Waals surface area contributed by atoms with Gasteiger partial charge in [-0.3, -0.25) is 4.90 Å². The van der Waals surface area contributed by atoms with E-state index in [0.717, 1.165) is 12.1 Å². The molecular formula is C15H19NO. The molecule has 2 nitrogen and oxygen atoms in total. The van der Waals surface area contributed by atoms with Gasteiger partial charge in [0.25, 0.3) is 0 Å². The Balaban J connectivity index is 1.79. The first-order valence-electron chi connectivity index (χ1n) is 6.61. The Hall–Kier alpha value is -1.28. The van der Waals surface area contributed by atoms with Gasteiger partial charge >= 0.3 is 0 Å². The minimum atomic E-state index is 1.01. The average Bonchev–Trinajstić information content (AvgIpc) is 2.59. The fraction of sp³-hybridized carbons (Fsp3) is 0.467. The molecule has 0 unspecified atom stereocenters. The molecule has 0 atom stereocenters. The van der Waals surface area contributed by atoms with E-state index < -0.39 is 0 Å². The maximum absolute atomic E-state index is 5.60. The van der Waals surface area contributed by atoms with Crippen molar-refractivity contribution in [1.82, 2.24) is 4.90 Å². The molecule has 1 aromatic heterocycles. The number of furan rings is 1. The summed E-state index contributed by atoms with van der Waals surface area (Å²) in [4.78, 5) is 2.56. The van der Waals surface area contributed by atoms with E-state index in [4.69, 9.17) is 4.42 Å². The molecule has 1 fully saturated rings. The summed E-state index contributed by atoms with van der Waals surface area (Å²) in [5.41, 5.74) is 2.35. The van der Waals surface area contributed by atoms with Crippen LogP contribution in [0.1, 0.15) is 31.2 Å². The second kappa shape index (κ2) is 4.92. The van der Waals surface area contributed by atoms with Gasteiger partial charge in [0.1, 0.15) is 5.58 Å². The van der Waals surface area contributed by atoms with Crippen molar-refractivity contribution in [3.63, 3.8) is 0 Å². The molecule has 0 aliphatic carbocycles. The van der Waals surface area contributed by atoms with Gasteiger partial charge in [-0.15, -0.1) is 0 Å². The average molecular weight is 229 g/mol. The van der Waals surface area contributed by atoms with E-state index in [0.29, 0.717) is 0 Å². The van der Waals surface area contributed by atoms with E-state index in [9.17, 15) is 0 Å². The van der Waals surface area contributed by atoms with Crippen LogP contribution >= 0.6 is 0 Å². The van der Waals surface area contributed by atoms with Gasteiger partial charge in [0.05, 0.1) is 6.26 Å². The van der Waals surface area contributed by atoms with Crippen molar-refractivity contribution < 1.29 is 4.42 Å². The molecule has 2 heterocycles. The molecule has 1 aromatic carbocycles. The van der Waals surface area contributed by atoms with Gasteiger partial charge in [-0.05, 0) is 32.0 Å². The third kappa shape index (κ3) is 2.37. The van der Waals surface area contributed by atoms with Crippen molar-refractivity contribution >= 4 is 11.0 Å². The first-order valence-corrected chi connectivity index (χ1v) is 6.61. The van der Waals surface area contributed by atoms with Gasteiger partial charge in [0.15, 0.2) is 0 Å². The van der Waals surface area contributed by atoms with Crippen LogP contribution in [-0.4, -0.2) is 18.0 Å². The number of benzene rings is 1. The van der Waals surface area contributed by atoms with Crippen LogP contribution in [0.15, 0.2) is 34.9 Å². The Morgan fingerprint density at radius 3 is 2.59 bits per heavy atom. The Bertz CT molecular complexity index is 480. The number of hydrogen-bond acceptors (Lipinski definition) is 2. The van der Waals surface area contributed by atoms with Crippen LogP contribution in [0.4, 0.5) is 0 Å².